The molecule has 2 aromatic heterocycles. The minimum Gasteiger partial charge on any atom is -0.394 e. The van der Waals surface area contributed by atoms with Crippen LogP contribution in [0.2, 0.25) is 5.02 Å². The SMILES string of the molecule is Cn1nccc1Nc1nccc(C2=CCN([C@H](CO)c3ccc(Cl)c(F)c3)C=C2)n1.O=C(c1c(Nc2ccc(I)cc2F)ccc(F)c1F)N1CC(O)([C@@H]2CCCCN2)C1. The molecule has 0 unspecified atom stereocenters. The van der Waals surface area contributed by atoms with Crippen LogP contribution in [0.15, 0.2) is 91.4 Å². The third-order valence-electron chi connectivity index (χ3n) is 10.6. The summed E-state index contributed by atoms with van der Waals surface area (Å²) in [7, 11) is 1.83. The van der Waals surface area contributed by atoms with Crippen molar-refractivity contribution >= 4 is 68.8 Å². The highest BCUT2D eigenvalue weighted by Gasteiger charge is 2.50. The molecule has 8 rings (SSSR count). The number of likely N-dealkylation sites (tertiary alicyclic amines) is 1. The van der Waals surface area contributed by atoms with E-state index in [1.54, 1.807) is 29.2 Å². The molecule has 3 aromatic carbocycles. The van der Waals surface area contributed by atoms with Crippen LogP contribution in [0.5, 0.6) is 0 Å². The summed E-state index contributed by atoms with van der Waals surface area (Å²) in [6, 6.07) is 14.2. The number of carbonyl (C=O) groups is 1. The molecule has 1 amide bonds. The van der Waals surface area contributed by atoms with Gasteiger partial charge in [0, 0.05) is 41.7 Å². The van der Waals surface area contributed by atoms with Gasteiger partial charge in [0.25, 0.3) is 5.91 Å². The Morgan fingerprint density at radius 1 is 1.00 bits per heavy atom. The molecular formula is C42H41ClF4IN9O3. The number of benzene rings is 3. The van der Waals surface area contributed by atoms with Crippen LogP contribution >= 0.6 is 34.2 Å². The zero-order chi connectivity index (χ0) is 42.6. The van der Waals surface area contributed by atoms with E-state index in [0.29, 0.717) is 21.6 Å². The molecule has 2 saturated heterocycles. The summed E-state index contributed by atoms with van der Waals surface area (Å²) in [5.74, 6) is -3.05. The number of amides is 1. The Hall–Kier alpha value is -5.08. The quantitative estimate of drug-likeness (QED) is 0.0707. The zero-order valence-electron chi connectivity index (χ0n) is 32.2. The Morgan fingerprint density at radius 3 is 2.47 bits per heavy atom. The molecule has 5 aromatic rings. The number of hydrogen-bond donors (Lipinski definition) is 5. The first-order chi connectivity index (χ1) is 28.8. The first-order valence-corrected chi connectivity index (χ1v) is 20.5. The van der Waals surface area contributed by atoms with Crippen LogP contribution in [0.1, 0.15) is 46.9 Å². The minimum atomic E-state index is -1.30. The van der Waals surface area contributed by atoms with Gasteiger partial charge in [0.1, 0.15) is 28.6 Å². The van der Waals surface area contributed by atoms with Gasteiger partial charge in [-0.25, -0.2) is 27.5 Å². The summed E-state index contributed by atoms with van der Waals surface area (Å²) in [4.78, 5) is 25.0. The Bertz CT molecular complexity index is 2420. The zero-order valence-corrected chi connectivity index (χ0v) is 35.1. The number of aliphatic hydroxyl groups excluding tert-OH is 1. The highest BCUT2D eigenvalue weighted by Crippen LogP contribution is 2.34. The van der Waals surface area contributed by atoms with E-state index < -0.39 is 40.3 Å². The van der Waals surface area contributed by atoms with E-state index in [2.05, 4.69) is 31.0 Å². The lowest BCUT2D eigenvalue weighted by molar-refractivity contribution is -0.108. The number of hydrogen-bond acceptors (Lipinski definition) is 10. The van der Waals surface area contributed by atoms with E-state index in [4.69, 9.17) is 11.6 Å². The van der Waals surface area contributed by atoms with Gasteiger partial charge in [-0.15, -0.1) is 0 Å². The molecule has 3 aliphatic heterocycles. The minimum absolute atomic E-state index is 0.0246. The number of rotatable bonds is 10. The van der Waals surface area contributed by atoms with Crippen molar-refractivity contribution in [1.29, 1.82) is 0 Å². The van der Waals surface area contributed by atoms with Crippen LogP contribution in [0.4, 0.5) is 40.7 Å². The fourth-order valence-corrected chi connectivity index (χ4v) is 7.86. The average molecular weight is 958 g/mol. The van der Waals surface area contributed by atoms with Crippen molar-refractivity contribution < 1.29 is 32.6 Å². The summed E-state index contributed by atoms with van der Waals surface area (Å²) in [6.45, 7) is 1.24. The number of nitrogens with one attached hydrogen (secondary N) is 3. The predicted molar refractivity (Wildman–Crippen MR) is 229 cm³/mol. The van der Waals surface area contributed by atoms with Gasteiger partial charge in [-0.05, 0) is 108 Å². The molecule has 2 fully saturated rings. The standard InChI is InChI=1S/C21H20ClFN6O.C21H21F3IN3O2/c1-28-20(5-9-25-28)27-21-24-8-4-18(26-21)14-6-10-29(11-7-14)19(13-30)15-2-3-16(22)17(23)12-15;22-13-5-7-16(27-15-6-4-12(25)9-14(15)23)18(19(13)24)20(29)28-10-21(30,11-28)17-3-1-2-8-26-17/h2-10,12,19,30H,11,13H2,1H3,(H,24,26,27);4-7,9,17,26-27,30H,1-3,8,10-11H2/t19-;17-/m10/s1. The van der Waals surface area contributed by atoms with E-state index in [1.807, 2.05) is 65.0 Å². The molecular weight excluding hydrogens is 917 g/mol. The molecule has 3 aliphatic rings. The third kappa shape index (κ3) is 9.60. The van der Waals surface area contributed by atoms with Crippen LogP contribution in [0.25, 0.3) is 5.57 Å². The maximum absolute atomic E-state index is 14.6. The summed E-state index contributed by atoms with van der Waals surface area (Å²) < 4.78 is 59.0. The van der Waals surface area contributed by atoms with Crippen LogP contribution < -0.4 is 16.0 Å². The van der Waals surface area contributed by atoms with Crippen molar-refractivity contribution in [2.75, 3.05) is 43.4 Å². The first kappa shape index (κ1) is 43.0. The monoisotopic (exact) mass is 957 g/mol. The molecule has 12 nitrogen and oxygen atoms in total. The number of anilines is 4. The normalized spacial score (nSPS) is 17.6. The maximum Gasteiger partial charge on any atom is 0.259 e. The van der Waals surface area contributed by atoms with Crippen molar-refractivity contribution in [3.63, 3.8) is 0 Å². The van der Waals surface area contributed by atoms with E-state index in [9.17, 15) is 32.6 Å². The van der Waals surface area contributed by atoms with E-state index in [1.165, 1.54) is 35.2 Å². The van der Waals surface area contributed by atoms with Gasteiger partial charge < -0.3 is 36.0 Å². The number of aromatic nitrogens is 4. The lowest BCUT2D eigenvalue weighted by atomic mass is 9.81. The van der Waals surface area contributed by atoms with E-state index in [0.717, 1.165) is 49.0 Å². The molecule has 0 saturated carbocycles. The number of halogens is 6. The topological polar surface area (TPSA) is 144 Å². The number of aryl methyl sites for hydroxylation is 1. The van der Waals surface area contributed by atoms with Gasteiger partial charge in [0.2, 0.25) is 5.95 Å². The Morgan fingerprint density at radius 2 is 1.80 bits per heavy atom. The first-order valence-electron chi connectivity index (χ1n) is 19.1. The molecule has 60 heavy (non-hydrogen) atoms. The molecule has 314 valence electrons. The highest BCUT2D eigenvalue weighted by molar-refractivity contribution is 14.1. The Labute approximate surface area is 362 Å². The summed E-state index contributed by atoms with van der Waals surface area (Å²) in [5.41, 5.74) is 0.768. The summed E-state index contributed by atoms with van der Waals surface area (Å²) in [5, 5.41) is 33.9. The van der Waals surface area contributed by atoms with Crippen LogP contribution in [-0.2, 0) is 7.05 Å². The maximum atomic E-state index is 14.6. The van der Waals surface area contributed by atoms with Crippen LogP contribution in [0.3, 0.4) is 0 Å². The average Bonchev–Trinajstić information content (AvgIpc) is 3.64. The van der Waals surface area contributed by atoms with Crippen molar-refractivity contribution in [1.82, 2.24) is 34.9 Å². The van der Waals surface area contributed by atoms with Gasteiger partial charge in [0.05, 0.1) is 54.0 Å². The van der Waals surface area contributed by atoms with Gasteiger partial charge in [-0.2, -0.15) is 5.10 Å². The van der Waals surface area contributed by atoms with Crippen molar-refractivity contribution in [3.05, 3.63) is 140 Å². The largest absolute Gasteiger partial charge is 0.394 e. The predicted octanol–water partition coefficient (Wildman–Crippen LogP) is 7.47. The fourth-order valence-electron chi connectivity index (χ4n) is 7.29. The molecule has 2 atom stereocenters. The Balaban J connectivity index is 0.000000181. The smallest absolute Gasteiger partial charge is 0.259 e. The molecule has 5 N–H and O–H groups in total. The fraction of sp³-hybridized carbons (Fsp3) is 0.286. The van der Waals surface area contributed by atoms with E-state index in [-0.39, 0.29) is 48.2 Å². The summed E-state index contributed by atoms with van der Waals surface area (Å²) >= 11 is 7.73. The molecule has 0 radical (unpaired) electrons. The molecule has 0 aliphatic carbocycles. The number of allylic oxidation sites excluding steroid dienone is 2. The van der Waals surface area contributed by atoms with Crippen molar-refractivity contribution in [2.45, 2.75) is 36.9 Å². The van der Waals surface area contributed by atoms with Gasteiger partial charge in [-0.3, -0.25) is 9.48 Å². The summed E-state index contributed by atoms with van der Waals surface area (Å²) in [6.07, 6.45) is 12.0. The molecule has 0 bridgehead atoms. The number of piperidine rings is 1. The number of carbonyl (C=O) groups excluding carboxylic acids is 1. The van der Waals surface area contributed by atoms with E-state index >= 15 is 0 Å². The number of aliphatic hydroxyl groups is 2. The number of β-amino-alcohol motifs (C(OH)–C–C–N with tert-alkyl or cyclic N) is 1. The second kappa shape index (κ2) is 18.7. The van der Waals surface area contributed by atoms with Gasteiger partial charge >= 0.3 is 0 Å². The van der Waals surface area contributed by atoms with Crippen molar-refractivity contribution in [2.24, 2.45) is 7.05 Å². The number of nitrogens with zero attached hydrogens (tertiary/aromatic N) is 6. The molecule has 0 spiro atoms. The molecule has 18 heteroatoms. The second-order valence-electron chi connectivity index (χ2n) is 14.6. The van der Waals surface area contributed by atoms with Crippen LogP contribution in [0, 0.1) is 26.8 Å². The Kier molecular flexibility index (Phi) is 13.4. The van der Waals surface area contributed by atoms with Gasteiger partial charge in [0.15, 0.2) is 11.6 Å². The van der Waals surface area contributed by atoms with Crippen molar-refractivity contribution in [3.8, 4) is 0 Å². The second-order valence-corrected chi connectivity index (χ2v) is 16.2. The highest BCUT2D eigenvalue weighted by atomic mass is 127. The lowest BCUT2D eigenvalue weighted by Crippen LogP contribution is -2.72. The lowest BCUT2D eigenvalue weighted by Gasteiger charge is -2.51. The van der Waals surface area contributed by atoms with Crippen LogP contribution in [-0.4, -0.2) is 90.1 Å². The molecule has 5 heterocycles. The third-order valence-corrected chi connectivity index (χ3v) is 11.5. The van der Waals surface area contributed by atoms with Gasteiger partial charge in [-0.1, -0.05) is 30.2 Å².